The fraction of sp³-hybridized carbons (Fsp3) is 0.400. The molecular formula is C20H24N4O3S2. The Balaban J connectivity index is 1.27. The van der Waals surface area contributed by atoms with Gasteiger partial charge >= 0.3 is 0 Å². The second-order valence-electron chi connectivity index (χ2n) is 7.23. The van der Waals surface area contributed by atoms with Gasteiger partial charge in [-0.3, -0.25) is 4.79 Å². The van der Waals surface area contributed by atoms with Crippen LogP contribution < -0.4 is 5.32 Å². The predicted octanol–water partition coefficient (Wildman–Crippen LogP) is 2.77. The number of carbonyl (C=O) groups is 1. The number of hydrogen-bond acceptors (Lipinski definition) is 5. The van der Waals surface area contributed by atoms with Crippen LogP contribution in [0.2, 0.25) is 0 Å². The first-order valence-corrected chi connectivity index (χ1v) is 12.1. The number of imidazole rings is 1. The number of carbonyl (C=O) groups excluding carboxylic acids is 1. The molecule has 2 aromatic heterocycles. The molecule has 29 heavy (non-hydrogen) atoms. The van der Waals surface area contributed by atoms with Crippen molar-refractivity contribution in [1.29, 1.82) is 0 Å². The molecule has 3 heterocycles. The number of amides is 1. The van der Waals surface area contributed by atoms with Crippen LogP contribution in [0.15, 0.2) is 46.0 Å². The summed E-state index contributed by atoms with van der Waals surface area (Å²) in [5.74, 6) is 0.539. The molecule has 7 nitrogen and oxygen atoms in total. The van der Waals surface area contributed by atoms with Gasteiger partial charge in [0, 0.05) is 26.1 Å². The number of nitrogens with zero attached hydrogens (tertiary/aromatic N) is 2. The highest BCUT2D eigenvalue weighted by Gasteiger charge is 2.33. The largest absolute Gasteiger partial charge is 0.356 e. The zero-order valence-electron chi connectivity index (χ0n) is 16.0. The summed E-state index contributed by atoms with van der Waals surface area (Å²) < 4.78 is 27.2. The third kappa shape index (κ3) is 4.52. The Hall–Kier alpha value is -2.23. The summed E-state index contributed by atoms with van der Waals surface area (Å²) in [5, 5.41) is 4.72. The number of aromatic amines is 1. The molecule has 4 rings (SSSR count). The van der Waals surface area contributed by atoms with Crippen molar-refractivity contribution < 1.29 is 13.2 Å². The van der Waals surface area contributed by atoms with E-state index in [0.717, 1.165) is 29.7 Å². The average molecular weight is 433 g/mol. The molecule has 0 saturated carbocycles. The van der Waals surface area contributed by atoms with Crippen molar-refractivity contribution in [2.75, 3.05) is 19.6 Å². The number of piperidine rings is 1. The van der Waals surface area contributed by atoms with E-state index in [4.69, 9.17) is 0 Å². The Labute approximate surface area is 174 Å². The van der Waals surface area contributed by atoms with Gasteiger partial charge in [0.15, 0.2) is 0 Å². The molecule has 1 aromatic carbocycles. The van der Waals surface area contributed by atoms with Gasteiger partial charge in [0.25, 0.3) is 10.0 Å². The van der Waals surface area contributed by atoms with Crippen LogP contribution in [0.25, 0.3) is 11.0 Å². The predicted molar refractivity (Wildman–Crippen MR) is 113 cm³/mol. The lowest BCUT2D eigenvalue weighted by atomic mass is 9.99. The van der Waals surface area contributed by atoms with Crippen molar-refractivity contribution >= 4 is 38.3 Å². The van der Waals surface area contributed by atoms with E-state index in [1.54, 1.807) is 17.5 Å². The highest BCUT2D eigenvalue weighted by molar-refractivity contribution is 7.91. The van der Waals surface area contributed by atoms with Gasteiger partial charge in [-0.25, -0.2) is 13.4 Å². The van der Waals surface area contributed by atoms with E-state index in [1.165, 1.54) is 15.6 Å². The summed E-state index contributed by atoms with van der Waals surface area (Å²) in [6.45, 7) is 1.26. The molecule has 0 aliphatic carbocycles. The van der Waals surface area contributed by atoms with Crippen LogP contribution in [-0.2, 0) is 21.2 Å². The van der Waals surface area contributed by atoms with E-state index >= 15 is 0 Å². The molecule has 0 bridgehead atoms. The Morgan fingerprint density at radius 3 is 2.93 bits per heavy atom. The van der Waals surface area contributed by atoms with Crippen LogP contribution >= 0.6 is 11.3 Å². The van der Waals surface area contributed by atoms with E-state index < -0.39 is 10.0 Å². The zero-order chi connectivity index (χ0) is 20.3. The highest BCUT2D eigenvalue weighted by atomic mass is 32.2. The minimum Gasteiger partial charge on any atom is -0.356 e. The average Bonchev–Trinajstić information content (AvgIpc) is 3.41. The van der Waals surface area contributed by atoms with Crippen molar-refractivity contribution in [2.45, 2.75) is 29.9 Å². The first-order valence-electron chi connectivity index (χ1n) is 9.79. The van der Waals surface area contributed by atoms with Crippen LogP contribution in [0.5, 0.6) is 0 Å². The number of benzene rings is 1. The second-order valence-corrected chi connectivity index (χ2v) is 10.3. The molecule has 1 atom stereocenters. The number of sulfonamides is 1. The maximum atomic E-state index is 12.7. The normalized spacial score (nSPS) is 18.1. The van der Waals surface area contributed by atoms with E-state index in [0.29, 0.717) is 30.1 Å². The molecule has 3 aromatic rings. The zero-order valence-corrected chi connectivity index (χ0v) is 17.6. The second kappa shape index (κ2) is 8.64. The molecule has 1 saturated heterocycles. The molecule has 1 aliphatic rings. The number of hydrogen-bond donors (Lipinski definition) is 2. The Morgan fingerprint density at radius 1 is 1.28 bits per heavy atom. The fourth-order valence-corrected chi connectivity index (χ4v) is 6.32. The van der Waals surface area contributed by atoms with Crippen LogP contribution in [0.1, 0.15) is 25.1 Å². The first-order chi connectivity index (χ1) is 14.0. The molecule has 9 heteroatoms. The summed E-state index contributed by atoms with van der Waals surface area (Å²) in [4.78, 5) is 20.4. The molecule has 154 valence electrons. The topological polar surface area (TPSA) is 95.2 Å². The molecule has 0 unspecified atom stereocenters. The lowest BCUT2D eigenvalue weighted by Gasteiger charge is -2.30. The van der Waals surface area contributed by atoms with Crippen LogP contribution in [0.3, 0.4) is 0 Å². The Kier molecular flexibility index (Phi) is 5.98. The van der Waals surface area contributed by atoms with Crippen molar-refractivity contribution in [3.63, 3.8) is 0 Å². The van der Waals surface area contributed by atoms with E-state index in [9.17, 15) is 13.2 Å². The smallest absolute Gasteiger partial charge is 0.252 e. The minimum atomic E-state index is -3.50. The van der Waals surface area contributed by atoms with Gasteiger partial charge in [-0.2, -0.15) is 4.31 Å². The Morgan fingerprint density at radius 2 is 2.14 bits per heavy atom. The maximum Gasteiger partial charge on any atom is 0.252 e. The SMILES string of the molecule is O=C(NCCCc1nc2ccccc2[nH]1)[C@H]1CCCN(S(=O)(=O)c2cccs2)C1. The van der Waals surface area contributed by atoms with Gasteiger partial charge in [0.1, 0.15) is 10.0 Å². The van der Waals surface area contributed by atoms with Gasteiger partial charge in [0.05, 0.1) is 17.0 Å². The standard InChI is InChI=1S/C20H24N4O3S2/c25-20(21-11-3-9-18-22-16-7-1-2-8-17(16)23-18)15-6-4-12-24(14-15)29(26,27)19-10-5-13-28-19/h1-2,5,7-8,10,13,15H,3-4,6,9,11-12,14H2,(H,21,25)(H,22,23)/t15-/m0/s1. The van der Waals surface area contributed by atoms with Gasteiger partial charge in [-0.1, -0.05) is 18.2 Å². The van der Waals surface area contributed by atoms with Crippen molar-refractivity contribution in [3.8, 4) is 0 Å². The third-order valence-corrected chi connectivity index (χ3v) is 8.41. The lowest BCUT2D eigenvalue weighted by Crippen LogP contribution is -2.45. The highest BCUT2D eigenvalue weighted by Crippen LogP contribution is 2.26. The van der Waals surface area contributed by atoms with E-state index in [-0.39, 0.29) is 18.4 Å². The van der Waals surface area contributed by atoms with Crippen molar-refractivity contribution in [3.05, 3.63) is 47.6 Å². The summed E-state index contributed by atoms with van der Waals surface area (Å²) in [5.41, 5.74) is 1.96. The quantitative estimate of drug-likeness (QED) is 0.561. The minimum absolute atomic E-state index is 0.0688. The first kappa shape index (κ1) is 20.1. The third-order valence-electron chi connectivity index (χ3n) is 5.17. The number of aromatic nitrogens is 2. The molecular weight excluding hydrogens is 408 g/mol. The van der Waals surface area contributed by atoms with Gasteiger partial charge in [0.2, 0.25) is 5.91 Å². The molecule has 1 fully saturated rings. The van der Waals surface area contributed by atoms with Crippen LogP contribution in [0, 0.1) is 5.92 Å². The Bertz CT molecular complexity index is 1040. The summed E-state index contributed by atoms with van der Waals surface area (Å²) >= 11 is 1.21. The van der Waals surface area contributed by atoms with Crippen molar-refractivity contribution in [1.82, 2.24) is 19.6 Å². The number of rotatable bonds is 7. The number of H-pyrrole nitrogens is 1. The number of para-hydroxylation sites is 2. The number of fused-ring (bicyclic) bond motifs is 1. The molecule has 1 aliphatic heterocycles. The molecule has 0 spiro atoms. The van der Waals surface area contributed by atoms with Crippen LogP contribution in [0.4, 0.5) is 0 Å². The lowest BCUT2D eigenvalue weighted by molar-refractivity contribution is -0.126. The number of aryl methyl sites for hydroxylation is 1. The van der Waals surface area contributed by atoms with Crippen LogP contribution in [-0.4, -0.2) is 48.2 Å². The van der Waals surface area contributed by atoms with E-state index in [2.05, 4.69) is 15.3 Å². The van der Waals surface area contributed by atoms with Gasteiger partial charge in [-0.15, -0.1) is 11.3 Å². The number of thiophene rings is 1. The summed E-state index contributed by atoms with van der Waals surface area (Å²) in [7, 11) is -3.50. The van der Waals surface area contributed by atoms with Crippen molar-refractivity contribution in [2.24, 2.45) is 5.92 Å². The summed E-state index contributed by atoms with van der Waals surface area (Å²) in [6, 6.07) is 11.2. The number of nitrogens with one attached hydrogen (secondary N) is 2. The molecule has 1 amide bonds. The maximum absolute atomic E-state index is 12.7. The molecule has 0 radical (unpaired) electrons. The van der Waals surface area contributed by atoms with E-state index in [1.807, 2.05) is 24.3 Å². The monoisotopic (exact) mass is 432 g/mol. The molecule has 2 N–H and O–H groups in total. The van der Waals surface area contributed by atoms with Gasteiger partial charge in [-0.05, 0) is 42.8 Å². The van der Waals surface area contributed by atoms with Gasteiger partial charge < -0.3 is 10.3 Å². The summed E-state index contributed by atoms with van der Waals surface area (Å²) in [6.07, 6.45) is 2.93. The fourth-order valence-electron chi connectivity index (χ4n) is 3.65.